The molecule has 4 rings (SSSR count). The van der Waals surface area contributed by atoms with Crippen LogP contribution in [0.4, 0.5) is 0 Å². The van der Waals surface area contributed by atoms with Crippen LogP contribution in [-0.2, 0) is 0 Å². The Hall–Kier alpha value is -0.570. The zero-order valence-electron chi connectivity index (χ0n) is 14.2. The molecule has 4 saturated carbocycles. The van der Waals surface area contributed by atoms with Crippen molar-refractivity contribution in [2.45, 2.75) is 77.7 Å². The minimum atomic E-state index is -0.0761. The van der Waals surface area contributed by atoms with Crippen LogP contribution >= 0.6 is 0 Å². The molecule has 0 bridgehead atoms. The van der Waals surface area contributed by atoms with Crippen LogP contribution in [0.5, 0.6) is 0 Å². The molecule has 0 heterocycles. The maximum Gasteiger partial charge on any atom is 0.0576 e. The van der Waals surface area contributed by atoms with Crippen molar-refractivity contribution < 1.29 is 5.11 Å². The van der Waals surface area contributed by atoms with Crippen molar-refractivity contribution in [3.05, 3.63) is 0 Å². The van der Waals surface area contributed by atoms with Gasteiger partial charge in [0.05, 0.1) is 6.10 Å². The number of hydrogen-bond donors (Lipinski definition) is 2. The van der Waals surface area contributed by atoms with Crippen LogP contribution < -0.4 is 5.84 Å². The van der Waals surface area contributed by atoms with E-state index in [0.29, 0.717) is 23.2 Å². The molecule has 3 N–H and O–H groups in total. The fourth-order valence-electron chi connectivity index (χ4n) is 7.36. The SMILES string of the molecule is CC12CCC3C(CC(O)C4CCCCC43C)C1CC/C2=N/N. The molecule has 7 atom stereocenters. The number of hydrazone groups is 1. The van der Waals surface area contributed by atoms with Crippen LogP contribution in [0.3, 0.4) is 0 Å². The van der Waals surface area contributed by atoms with Gasteiger partial charge in [0.1, 0.15) is 0 Å². The monoisotopic (exact) mass is 304 g/mol. The fourth-order valence-corrected chi connectivity index (χ4v) is 7.36. The highest BCUT2D eigenvalue weighted by atomic mass is 16.3. The van der Waals surface area contributed by atoms with E-state index >= 15 is 0 Å². The first-order chi connectivity index (χ1) is 10.5. The maximum atomic E-state index is 10.9. The summed E-state index contributed by atoms with van der Waals surface area (Å²) >= 11 is 0. The summed E-state index contributed by atoms with van der Waals surface area (Å²) in [4.78, 5) is 0. The van der Waals surface area contributed by atoms with Gasteiger partial charge in [0.15, 0.2) is 0 Å². The summed E-state index contributed by atoms with van der Waals surface area (Å²) < 4.78 is 0. The summed E-state index contributed by atoms with van der Waals surface area (Å²) in [5.74, 6) is 8.44. The number of nitrogens with zero attached hydrogens (tertiary/aromatic N) is 1. The smallest absolute Gasteiger partial charge is 0.0576 e. The lowest BCUT2D eigenvalue weighted by molar-refractivity contribution is -0.147. The first-order valence-electron chi connectivity index (χ1n) is 9.46. The van der Waals surface area contributed by atoms with E-state index in [-0.39, 0.29) is 11.5 Å². The van der Waals surface area contributed by atoms with Crippen LogP contribution in [0, 0.1) is 34.5 Å². The zero-order chi connectivity index (χ0) is 15.5. The lowest BCUT2D eigenvalue weighted by Crippen LogP contribution is -2.57. The van der Waals surface area contributed by atoms with Crippen LogP contribution in [0.25, 0.3) is 0 Å². The molecule has 0 saturated heterocycles. The maximum absolute atomic E-state index is 10.9. The number of rotatable bonds is 0. The summed E-state index contributed by atoms with van der Waals surface area (Å²) in [7, 11) is 0. The van der Waals surface area contributed by atoms with Crippen LogP contribution in [0.2, 0.25) is 0 Å². The van der Waals surface area contributed by atoms with Gasteiger partial charge in [-0.3, -0.25) is 0 Å². The van der Waals surface area contributed by atoms with E-state index in [1.54, 1.807) is 0 Å². The minimum Gasteiger partial charge on any atom is -0.393 e. The Morgan fingerprint density at radius 2 is 1.86 bits per heavy atom. The van der Waals surface area contributed by atoms with E-state index in [4.69, 9.17) is 5.84 Å². The summed E-state index contributed by atoms with van der Waals surface area (Å²) in [5, 5.41) is 15.0. The topological polar surface area (TPSA) is 58.6 Å². The summed E-state index contributed by atoms with van der Waals surface area (Å²) in [6.07, 6.45) is 11.1. The molecular weight excluding hydrogens is 272 g/mol. The van der Waals surface area contributed by atoms with Crippen LogP contribution in [0.15, 0.2) is 5.10 Å². The predicted octanol–water partition coefficient (Wildman–Crippen LogP) is 3.70. The molecule has 0 aromatic rings. The Balaban J connectivity index is 1.69. The molecule has 22 heavy (non-hydrogen) atoms. The minimum absolute atomic E-state index is 0.0761. The van der Waals surface area contributed by atoms with Crippen molar-refractivity contribution in [3.63, 3.8) is 0 Å². The number of aliphatic hydroxyl groups excluding tert-OH is 1. The Bertz CT molecular complexity index is 490. The molecule has 3 nitrogen and oxygen atoms in total. The number of hydrogen-bond acceptors (Lipinski definition) is 3. The molecule has 0 amide bonds. The van der Waals surface area contributed by atoms with E-state index in [2.05, 4.69) is 18.9 Å². The quantitative estimate of drug-likeness (QED) is 0.529. The van der Waals surface area contributed by atoms with Crippen LogP contribution in [0.1, 0.15) is 71.6 Å². The van der Waals surface area contributed by atoms with Crippen molar-refractivity contribution in [1.82, 2.24) is 0 Å². The zero-order valence-corrected chi connectivity index (χ0v) is 14.2. The van der Waals surface area contributed by atoms with Gasteiger partial charge in [-0.2, -0.15) is 5.10 Å². The highest BCUT2D eigenvalue weighted by molar-refractivity contribution is 5.92. The van der Waals surface area contributed by atoms with Crippen molar-refractivity contribution in [1.29, 1.82) is 0 Å². The van der Waals surface area contributed by atoms with Gasteiger partial charge in [0.25, 0.3) is 0 Å². The summed E-state index contributed by atoms with van der Waals surface area (Å²) in [6.45, 7) is 4.90. The second kappa shape index (κ2) is 4.96. The summed E-state index contributed by atoms with van der Waals surface area (Å²) in [6, 6.07) is 0. The van der Waals surface area contributed by atoms with E-state index in [9.17, 15) is 5.11 Å². The number of fused-ring (bicyclic) bond motifs is 5. The van der Waals surface area contributed by atoms with E-state index in [1.165, 1.54) is 50.7 Å². The van der Waals surface area contributed by atoms with Crippen molar-refractivity contribution in [3.8, 4) is 0 Å². The Morgan fingerprint density at radius 1 is 1.05 bits per heavy atom. The molecular formula is C19H32N2O. The second-order valence-electron chi connectivity index (χ2n) is 9.11. The molecule has 7 unspecified atom stereocenters. The van der Waals surface area contributed by atoms with Gasteiger partial charge >= 0.3 is 0 Å². The van der Waals surface area contributed by atoms with Crippen molar-refractivity contribution in [2.24, 2.45) is 45.4 Å². The van der Waals surface area contributed by atoms with Crippen molar-refractivity contribution in [2.75, 3.05) is 0 Å². The molecule has 0 radical (unpaired) electrons. The molecule has 0 aromatic heterocycles. The Morgan fingerprint density at radius 3 is 2.64 bits per heavy atom. The van der Waals surface area contributed by atoms with E-state index in [1.807, 2.05) is 0 Å². The second-order valence-corrected chi connectivity index (χ2v) is 9.11. The Kier molecular flexibility index (Phi) is 3.38. The van der Waals surface area contributed by atoms with Gasteiger partial charge in [-0.05, 0) is 74.0 Å². The first kappa shape index (κ1) is 15.0. The molecule has 3 heteroatoms. The predicted molar refractivity (Wildman–Crippen MR) is 89.4 cm³/mol. The third-order valence-electron chi connectivity index (χ3n) is 8.49. The highest BCUT2D eigenvalue weighted by Crippen LogP contribution is 2.65. The molecule has 4 aliphatic rings. The molecule has 0 aromatic carbocycles. The van der Waals surface area contributed by atoms with Gasteiger partial charge < -0.3 is 10.9 Å². The van der Waals surface area contributed by atoms with E-state index < -0.39 is 0 Å². The molecule has 0 spiro atoms. The van der Waals surface area contributed by atoms with Crippen molar-refractivity contribution >= 4 is 5.71 Å². The third-order valence-corrected chi connectivity index (χ3v) is 8.49. The van der Waals surface area contributed by atoms with Gasteiger partial charge in [0.2, 0.25) is 0 Å². The molecule has 4 fully saturated rings. The fraction of sp³-hybridized carbons (Fsp3) is 0.947. The third kappa shape index (κ3) is 1.81. The lowest BCUT2D eigenvalue weighted by Gasteiger charge is -2.61. The standard InChI is InChI=1S/C19H32N2O/c1-18-9-4-3-5-15(18)16(22)11-12-13-6-7-17(21-20)19(13,2)10-8-14(12)18/h12-16,22H,3-11,20H2,1-2H3/b21-17-. The molecule has 124 valence electrons. The molecule has 0 aliphatic heterocycles. The van der Waals surface area contributed by atoms with Gasteiger partial charge in [-0.25, -0.2) is 0 Å². The summed E-state index contributed by atoms with van der Waals surface area (Å²) in [5.41, 5.74) is 1.85. The average Bonchev–Trinajstić information content (AvgIpc) is 2.84. The Labute approximate surface area is 134 Å². The van der Waals surface area contributed by atoms with E-state index in [0.717, 1.165) is 18.8 Å². The highest BCUT2D eigenvalue weighted by Gasteiger charge is 2.60. The normalized spacial score (nSPS) is 56.3. The largest absolute Gasteiger partial charge is 0.393 e. The van der Waals surface area contributed by atoms with Gasteiger partial charge in [-0.1, -0.05) is 26.7 Å². The number of nitrogens with two attached hydrogens (primary N) is 1. The van der Waals surface area contributed by atoms with Crippen LogP contribution in [-0.4, -0.2) is 16.9 Å². The first-order valence-corrected chi connectivity index (χ1v) is 9.46. The average molecular weight is 304 g/mol. The molecule has 4 aliphatic carbocycles. The number of aliphatic hydroxyl groups is 1. The van der Waals surface area contributed by atoms with Gasteiger partial charge in [-0.15, -0.1) is 0 Å². The van der Waals surface area contributed by atoms with Gasteiger partial charge in [0, 0.05) is 11.1 Å². The lowest BCUT2D eigenvalue weighted by atomic mass is 9.44.